The summed E-state index contributed by atoms with van der Waals surface area (Å²) in [7, 11) is 1.41. The lowest BCUT2D eigenvalue weighted by atomic mass is 9.81. The molecule has 0 aromatic heterocycles. The van der Waals surface area contributed by atoms with Gasteiger partial charge in [-0.3, -0.25) is 9.59 Å². The SMILES string of the molecule is COC(CNC(=O)OCC1c2ccccc2-c2ccccc21)C(=O)NCC1CCCC(C(=O)O)C1. The summed E-state index contributed by atoms with van der Waals surface area (Å²) < 4.78 is 10.8. The van der Waals surface area contributed by atoms with E-state index in [1.54, 1.807) is 0 Å². The number of rotatable bonds is 9. The minimum Gasteiger partial charge on any atom is -0.481 e. The first-order chi connectivity index (χ1) is 17.0. The molecule has 0 aliphatic heterocycles. The van der Waals surface area contributed by atoms with E-state index in [0.29, 0.717) is 19.4 Å². The van der Waals surface area contributed by atoms with E-state index in [1.165, 1.54) is 7.11 Å². The van der Waals surface area contributed by atoms with E-state index in [1.807, 2.05) is 24.3 Å². The zero-order chi connectivity index (χ0) is 24.8. The van der Waals surface area contributed by atoms with E-state index in [-0.39, 0.29) is 36.8 Å². The summed E-state index contributed by atoms with van der Waals surface area (Å²) in [5.74, 6) is -1.38. The van der Waals surface area contributed by atoms with Gasteiger partial charge in [0.15, 0.2) is 6.10 Å². The fraction of sp³-hybridized carbons (Fsp3) is 0.444. The molecule has 186 valence electrons. The van der Waals surface area contributed by atoms with Crippen LogP contribution in [0.25, 0.3) is 11.1 Å². The number of amides is 2. The van der Waals surface area contributed by atoms with Crippen LogP contribution in [0.1, 0.15) is 42.7 Å². The second kappa shape index (κ2) is 11.4. The van der Waals surface area contributed by atoms with Crippen LogP contribution in [0.3, 0.4) is 0 Å². The Hall–Kier alpha value is -3.39. The highest BCUT2D eigenvalue weighted by Crippen LogP contribution is 2.44. The molecule has 0 saturated heterocycles. The number of carbonyl (C=O) groups excluding carboxylic acids is 2. The number of nitrogens with one attached hydrogen (secondary N) is 2. The summed E-state index contributed by atoms with van der Waals surface area (Å²) in [6, 6.07) is 16.2. The lowest BCUT2D eigenvalue weighted by Crippen LogP contribution is -2.45. The van der Waals surface area contributed by atoms with Gasteiger partial charge in [0.05, 0.1) is 12.5 Å². The molecule has 1 fully saturated rings. The molecule has 0 heterocycles. The van der Waals surface area contributed by atoms with Crippen LogP contribution in [0.5, 0.6) is 0 Å². The van der Waals surface area contributed by atoms with Gasteiger partial charge in [-0.15, -0.1) is 0 Å². The van der Waals surface area contributed by atoms with Gasteiger partial charge in [0.2, 0.25) is 0 Å². The van der Waals surface area contributed by atoms with Crippen LogP contribution >= 0.6 is 0 Å². The number of hydrogen-bond acceptors (Lipinski definition) is 5. The highest BCUT2D eigenvalue weighted by molar-refractivity contribution is 5.82. The average molecular weight is 481 g/mol. The highest BCUT2D eigenvalue weighted by Gasteiger charge is 2.30. The summed E-state index contributed by atoms with van der Waals surface area (Å²) in [6.07, 6.45) is 1.50. The van der Waals surface area contributed by atoms with Crippen LogP contribution in [0.2, 0.25) is 0 Å². The van der Waals surface area contributed by atoms with Crippen molar-refractivity contribution in [3.8, 4) is 11.1 Å². The van der Waals surface area contributed by atoms with Gasteiger partial charge >= 0.3 is 12.1 Å². The Kier molecular flexibility index (Phi) is 8.02. The Bertz CT molecular complexity index is 1030. The number of alkyl carbamates (subject to hydrolysis) is 1. The number of hydrogen-bond donors (Lipinski definition) is 3. The second-order valence-electron chi connectivity index (χ2n) is 9.24. The molecular weight excluding hydrogens is 448 g/mol. The molecular formula is C27H32N2O6. The number of methoxy groups -OCH3 is 1. The molecule has 2 aromatic carbocycles. The Balaban J connectivity index is 1.24. The van der Waals surface area contributed by atoms with Gasteiger partial charge in [0.1, 0.15) is 6.61 Å². The Labute approximate surface area is 205 Å². The van der Waals surface area contributed by atoms with Crippen LogP contribution in [0.15, 0.2) is 48.5 Å². The number of carboxylic acids is 1. The summed E-state index contributed by atoms with van der Waals surface area (Å²) in [5, 5.41) is 14.7. The first kappa shape index (κ1) is 24.7. The van der Waals surface area contributed by atoms with Crippen LogP contribution < -0.4 is 10.6 Å². The van der Waals surface area contributed by atoms with Crippen molar-refractivity contribution in [2.75, 3.05) is 26.8 Å². The maximum atomic E-state index is 12.5. The molecule has 0 radical (unpaired) electrons. The smallest absolute Gasteiger partial charge is 0.407 e. The minimum atomic E-state index is -0.866. The molecule has 2 aliphatic rings. The van der Waals surface area contributed by atoms with Crippen LogP contribution in [-0.4, -0.2) is 56.0 Å². The third-order valence-electron chi connectivity index (χ3n) is 7.05. The summed E-state index contributed by atoms with van der Waals surface area (Å²) in [6.45, 7) is 0.560. The monoisotopic (exact) mass is 480 g/mol. The first-order valence-corrected chi connectivity index (χ1v) is 12.1. The zero-order valence-electron chi connectivity index (χ0n) is 19.9. The topological polar surface area (TPSA) is 114 Å². The second-order valence-corrected chi connectivity index (χ2v) is 9.24. The lowest BCUT2D eigenvalue weighted by molar-refractivity contribution is -0.143. The van der Waals surface area contributed by atoms with Crippen molar-refractivity contribution in [1.82, 2.24) is 10.6 Å². The molecule has 2 aromatic rings. The fourth-order valence-electron chi connectivity index (χ4n) is 5.17. The van der Waals surface area contributed by atoms with Crippen LogP contribution in [0, 0.1) is 11.8 Å². The number of benzene rings is 2. The molecule has 4 rings (SSSR count). The summed E-state index contributed by atoms with van der Waals surface area (Å²) in [5.41, 5.74) is 4.56. The maximum absolute atomic E-state index is 12.5. The van der Waals surface area contributed by atoms with Gasteiger partial charge in [-0.05, 0) is 47.4 Å². The molecule has 3 atom stereocenters. The molecule has 2 aliphatic carbocycles. The Morgan fingerprint density at radius 2 is 1.66 bits per heavy atom. The Morgan fingerprint density at radius 3 is 2.29 bits per heavy atom. The molecule has 8 nitrogen and oxygen atoms in total. The van der Waals surface area contributed by atoms with E-state index in [0.717, 1.165) is 35.1 Å². The number of carboxylic acid groups (broad SMARTS) is 1. The lowest BCUT2D eigenvalue weighted by Gasteiger charge is -2.27. The zero-order valence-corrected chi connectivity index (χ0v) is 19.9. The third kappa shape index (κ3) is 5.82. The molecule has 2 amide bonds. The van der Waals surface area contributed by atoms with E-state index < -0.39 is 18.2 Å². The fourth-order valence-corrected chi connectivity index (χ4v) is 5.17. The van der Waals surface area contributed by atoms with E-state index >= 15 is 0 Å². The van der Waals surface area contributed by atoms with Gasteiger partial charge in [0.25, 0.3) is 5.91 Å². The van der Waals surface area contributed by atoms with Crippen LogP contribution in [0.4, 0.5) is 4.79 Å². The van der Waals surface area contributed by atoms with Crippen molar-refractivity contribution in [1.29, 1.82) is 0 Å². The molecule has 3 unspecified atom stereocenters. The molecule has 35 heavy (non-hydrogen) atoms. The predicted molar refractivity (Wildman–Crippen MR) is 130 cm³/mol. The number of fused-ring (bicyclic) bond motifs is 3. The molecule has 1 saturated carbocycles. The predicted octanol–water partition coefficient (Wildman–Crippen LogP) is 3.55. The normalized spacial score (nSPS) is 19.8. The quantitative estimate of drug-likeness (QED) is 0.506. The number of aliphatic carboxylic acids is 1. The minimum absolute atomic E-state index is 0.0264. The molecule has 0 bridgehead atoms. The number of carbonyl (C=O) groups is 3. The first-order valence-electron chi connectivity index (χ1n) is 12.1. The molecule has 8 heteroatoms. The van der Waals surface area contributed by atoms with E-state index in [2.05, 4.69) is 34.9 Å². The largest absolute Gasteiger partial charge is 0.481 e. The van der Waals surface area contributed by atoms with Crippen molar-refractivity contribution in [3.63, 3.8) is 0 Å². The number of ether oxygens (including phenoxy) is 2. The van der Waals surface area contributed by atoms with Gasteiger partial charge in [-0.25, -0.2) is 4.79 Å². The van der Waals surface area contributed by atoms with Gasteiger partial charge in [0, 0.05) is 19.6 Å². The summed E-state index contributed by atoms with van der Waals surface area (Å²) >= 11 is 0. The van der Waals surface area contributed by atoms with E-state index in [9.17, 15) is 19.5 Å². The molecule has 3 N–H and O–H groups in total. The van der Waals surface area contributed by atoms with Gasteiger partial charge in [-0.2, -0.15) is 0 Å². The van der Waals surface area contributed by atoms with Crippen molar-refractivity contribution in [2.45, 2.75) is 37.7 Å². The van der Waals surface area contributed by atoms with Gasteiger partial charge < -0.3 is 25.2 Å². The highest BCUT2D eigenvalue weighted by atomic mass is 16.5. The molecule has 0 spiro atoms. The Morgan fingerprint density at radius 1 is 1.00 bits per heavy atom. The van der Waals surface area contributed by atoms with Crippen LogP contribution in [-0.2, 0) is 19.1 Å². The third-order valence-corrected chi connectivity index (χ3v) is 7.05. The average Bonchev–Trinajstić information content (AvgIpc) is 3.20. The van der Waals surface area contributed by atoms with E-state index in [4.69, 9.17) is 9.47 Å². The summed E-state index contributed by atoms with van der Waals surface area (Å²) in [4.78, 5) is 36.2. The maximum Gasteiger partial charge on any atom is 0.407 e. The van der Waals surface area contributed by atoms with Crippen molar-refractivity contribution >= 4 is 18.0 Å². The standard InChI is InChI=1S/C27H32N2O6/c1-34-24(25(30)28-14-17-7-6-8-18(13-17)26(31)32)15-29-27(33)35-16-23-21-11-4-2-9-19(21)20-10-3-5-12-22(20)23/h2-5,9-12,17-18,23-24H,6-8,13-16H2,1H3,(H,28,30)(H,29,33)(H,31,32). The van der Waals surface area contributed by atoms with Crippen molar-refractivity contribution < 1.29 is 29.0 Å². The van der Waals surface area contributed by atoms with Gasteiger partial charge in [-0.1, -0.05) is 55.0 Å². The van der Waals surface area contributed by atoms with Crippen molar-refractivity contribution in [3.05, 3.63) is 59.7 Å². The van der Waals surface area contributed by atoms with Crippen molar-refractivity contribution in [2.24, 2.45) is 11.8 Å².